The Balaban J connectivity index is 1.91. The van der Waals surface area contributed by atoms with Crippen LogP contribution in [0.1, 0.15) is 10.6 Å². The molecule has 0 amide bonds. The molecule has 1 aliphatic rings. The van der Waals surface area contributed by atoms with Crippen LogP contribution in [-0.2, 0) is 9.30 Å². The Labute approximate surface area is 108 Å². The van der Waals surface area contributed by atoms with E-state index in [4.69, 9.17) is 18.6 Å². The fourth-order valence-electron chi connectivity index (χ4n) is 1.73. The van der Waals surface area contributed by atoms with Gasteiger partial charge in [0.05, 0.1) is 0 Å². The van der Waals surface area contributed by atoms with Gasteiger partial charge >= 0.3 is 107 Å². The van der Waals surface area contributed by atoms with E-state index in [0.29, 0.717) is 22.5 Å². The summed E-state index contributed by atoms with van der Waals surface area (Å²) in [6, 6.07) is 4.93. The third-order valence-corrected chi connectivity index (χ3v) is 2.80. The van der Waals surface area contributed by atoms with Gasteiger partial charge in [0.25, 0.3) is 0 Å². The zero-order valence-corrected chi connectivity index (χ0v) is 10.4. The van der Waals surface area contributed by atoms with Gasteiger partial charge in [-0.3, -0.25) is 0 Å². The molecule has 0 saturated heterocycles. The number of fused-ring (bicyclic) bond motifs is 2. The van der Waals surface area contributed by atoms with Crippen LogP contribution in [0.4, 0.5) is 0 Å². The summed E-state index contributed by atoms with van der Waals surface area (Å²) in [5, 5.41) is 0.714. The van der Waals surface area contributed by atoms with Gasteiger partial charge in [0.1, 0.15) is 0 Å². The van der Waals surface area contributed by atoms with Crippen molar-refractivity contribution < 1.29 is 28.0 Å². The van der Waals surface area contributed by atoms with Crippen molar-refractivity contribution in [3.05, 3.63) is 24.0 Å². The summed E-state index contributed by atoms with van der Waals surface area (Å²) >= 11 is 0. The molecule has 2 heterocycles. The Morgan fingerprint density at radius 2 is 2.11 bits per heavy atom. The molecule has 1 aliphatic heterocycles. The van der Waals surface area contributed by atoms with Crippen molar-refractivity contribution in [3.8, 4) is 17.1 Å². The van der Waals surface area contributed by atoms with Crippen LogP contribution in [0.5, 0.6) is 11.5 Å². The first-order valence-electron chi connectivity index (χ1n) is 5.33. The minimum absolute atomic E-state index is 0.0584. The third kappa shape index (κ3) is 2.24. The SMILES string of the molecule is O=P#CCOC(=O)c1cc2cc3c(cc2o1)OCO3. The molecule has 0 spiro atoms. The van der Waals surface area contributed by atoms with E-state index >= 15 is 0 Å². The first-order chi connectivity index (χ1) is 9.28. The molecular formula is C12H7O6P. The number of furan rings is 1. The van der Waals surface area contributed by atoms with E-state index < -0.39 is 5.97 Å². The van der Waals surface area contributed by atoms with E-state index in [0.717, 1.165) is 0 Å². The number of carbonyl (C=O) groups excluding carboxylic acids is 1. The van der Waals surface area contributed by atoms with E-state index in [-0.39, 0.29) is 27.1 Å². The average molecular weight is 278 g/mol. The van der Waals surface area contributed by atoms with Crippen LogP contribution in [0.3, 0.4) is 0 Å². The monoisotopic (exact) mass is 278 g/mol. The molecule has 6 nitrogen and oxygen atoms in total. The molecule has 0 saturated carbocycles. The Kier molecular flexibility index (Phi) is 3.03. The predicted octanol–water partition coefficient (Wildman–Crippen LogP) is 2.57. The van der Waals surface area contributed by atoms with E-state index in [1.807, 2.05) is 0 Å². The molecule has 7 heteroatoms. The van der Waals surface area contributed by atoms with E-state index in [1.54, 1.807) is 18.2 Å². The predicted molar refractivity (Wildman–Crippen MR) is 64.1 cm³/mol. The van der Waals surface area contributed by atoms with Crippen LogP contribution < -0.4 is 9.47 Å². The Hall–Kier alpha value is -2.16. The molecule has 1 aromatic heterocycles. The van der Waals surface area contributed by atoms with Gasteiger partial charge in [-0.2, -0.15) is 0 Å². The Morgan fingerprint density at radius 3 is 2.89 bits per heavy atom. The van der Waals surface area contributed by atoms with Crippen molar-refractivity contribution in [3.63, 3.8) is 0 Å². The van der Waals surface area contributed by atoms with Crippen molar-refractivity contribution in [2.45, 2.75) is 0 Å². The van der Waals surface area contributed by atoms with Crippen LogP contribution in [0.25, 0.3) is 11.0 Å². The van der Waals surface area contributed by atoms with Crippen LogP contribution in [0, 0.1) is 5.63 Å². The molecule has 19 heavy (non-hydrogen) atoms. The maximum atomic E-state index is 11.6. The summed E-state index contributed by atoms with van der Waals surface area (Å²) in [4.78, 5) is 11.6. The van der Waals surface area contributed by atoms with Crippen LogP contribution in [-0.4, -0.2) is 19.4 Å². The van der Waals surface area contributed by atoms with Crippen molar-refractivity contribution in [1.29, 1.82) is 0 Å². The summed E-state index contributed by atoms with van der Waals surface area (Å²) in [6.07, 6.45) is 0. The minimum atomic E-state index is -0.644. The topological polar surface area (TPSA) is 75.0 Å². The Morgan fingerprint density at radius 1 is 1.32 bits per heavy atom. The number of ether oxygens (including phenoxy) is 3. The van der Waals surface area contributed by atoms with Gasteiger partial charge < -0.3 is 0 Å². The fraction of sp³-hybridized carbons (Fsp3) is 0.167. The first kappa shape index (κ1) is 11.9. The van der Waals surface area contributed by atoms with Crippen LogP contribution in [0.15, 0.2) is 22.6 Å². The molecule has 2 aromatic rings. The van der Waals surface area contributed by atoms with Crippen LogP contribution in [0.2, 0.25) is 0 Å². The van der Waals surface area contributed by atoms with Gasteiger partial charge in [-0.1, -0.05) is 0 Å². The second kappa shape index (κ2) is 4.84. The molecule has 96 valence electrons. The van der Waals surface area contributed by atoms with E-state index in [9.17, 15) is 9.36 Å². The summed E-state index contributed by atoms with van der Waals surface area (Å²) < 4.78 is 30.7. The molecule has 0 bridgehead atoms. The van der Waals surface area contributed by atoms with Gasteiger partial charge in [-0.15, -0.1) is 0 Å². The van der Waals surface area contributed by atoms with Gasteiger partial charge in [-0.25, -0.2) is 0 Å². The van der Waals surface area contributed by atoms with Gasteiger partial charge in [0.2, 0.25) is 0 Å². The summed E-state index contributed by atoms with van der Waals surface area (Å²) in [5.74, 6) is 0.603. The molecule has 0 aliphatic carbocycles. The number of esters is 1. The number of hydrogen-bond acceptors (Lipinski definition) is 6. The number of benzene rings is 1. The Bertz CT molecular complexity index is 716. The van der Waals surface area contributed by atoms with Gasteiger partial charge in [-0.05, 0) is 0 Å². The molecular weight excluding hydrogens is 271 g/mol. The summed E-state index contributed by atoms with van der Waals surface area (Å²) in [5.41, 5.74) is 2.82. The van der Waals surface area contributed by atoms with E-state index in [2.05, 4.69) is 5.63 Å². The molecule has 0 fully saturated rings. The second-order valence-electron chi connectivity index (χ2n) is 3.68. The molecule has 3 rings (SSSR count). The van der Waals surface area contributed by atoms with Crippen molar-refractivity contribution in [2.24, 2.45) is 0 Å². The van der Waals surface area contributed by atoms with Crippen molar-refractivity contribution in [2.75, 3.05) is 13.4 Å². The van der Waals surface area contributed by atoms with Crippen molar-refractivity contribution >= 4 is 24.9 Å². The molecule has 0 atom stereocenters. The van der Waals surface area contributed by atoms with Gasteiger partial charge in [0.15, 0.2) is 0 Å². The normalized spacial score (nSPS) is 12.2. The second-order valence-corrected chi connectivity index (χ2v) is 4.18. The molecule has 0 N–H and O–H groups in total. The molecule has 0 radical (unpaired) electrons. The fourth-order valence-corrected chi connectivity index (χ4v) is 1.84. The summed E-state index contributed by atoms with van der Waals surface area (Å²) in [7, 11) is -0.307. The third-order valence-electron chi connectivity index (χ3n) is 2.55. The molecule has 1 aromatic carbocycles. The number of rotatable bonds is 2. The van der Waals surface area contributed by atoms with Crippen molar-refractivity contribution in [1.82, 2.24) is 0 Å². The number of carbonyl (C=O) groups is 1. The zero-order chi connectivity index (χ0) is 13.2. The standard InChI is InChI=1S/C12H7O6P/c13-12(15-1-2-19-14)11-4-7-3-9-10(17-6-16-9)5-8(7)18-11/h3-5H,1,6H2. The van der Waals surface area contributed by atoms with E-state index in [1.165, 1.54) is 0 Å². The molecule has 0 unspecified atom stereocenters. The van der Waals surface area contributed by atoms with Gasteiger partial charge in [0, 0.05) is 0 Å². The first-order valence-corrected chi connectivity index (χ1v) is 6.14. The number of hydrogen-bond donors (Lipinski definition) is 0. The maximum absolute atomic E-state index is 11.6. The summed E-state index contributed by atoms with van der Waals surface area (Å²) in [6.45, 7) is 0.0145. The quantitative estimate of drug-likeness (QED) is 0.620. The zero-order valence-electron chi connectivity index (χ0n) is 9.54. The van der Waals surface area contributed by atoms with Crippen LogP contribution >= 0.6 is 7.92 Å². The average Bonchev–Trinajstić information content (AvgIpc) is 3.00.